The molecule has 0 aliphatic heterocycles. The molecule has 17 aromatic rings. The first-order valence-electron chi connectivity index (χ1n) is 46.6. The minimum absolute atomic E-state index is 0. The Hall–Kier alpha value is -17.4. The summed E-state index contributed by atoms with van der Waals surface area (Å²) in [7, 11) is 0. The standard InChI is InChI=1S/2C21H20N2O3.2C19H16N4O.C11H13ClN2O2.C10H10O2.C7H9N.C6H9ClO3.CH4/c1-4-26-21(25)19-18(15(3)24)20(16-8-6-5-7-9-16)23(22-19)17-12-10-14(2)11-13-17;1-4-26-21(25)19-18(20(24)16-8-6-5-7-9-16)15(3)23(22-19)17-12-10-14(2)11-13-17;1-12-8-10-15(11-9-12)23-18(14-6-4-3-5-7-14)16-13(2)20-21-19(24)17(16)22-23;1-12-8-10-15(11-9-12)23-13(2)16-17(14-6-4-3-5-7-14)20-21-19(24)18(16)22-23;1-3-16-11(15)10(12)14-13-9-6-4-8(2)5-7-9;1-8(11)7-10(12)9-5-3-2-4-6-9;1-6-2-4-7(8)5-3-6;1-3-10-6(9)5(7)4(2)8;/h2*5-13H,4H2,1-3H3;2*3-11H,1-2H3,(H,21,24);4-7,13H,3H2,1-2H3;2-6H,7H2,1H3;2-5H,8H2,1H3;5H,3H2,1-2H3;1H4/b;;;;14-10-;;;;. The van der Waals surface area contributed by atoms with E-state index in [2.05, 4.69) is 60.8 Å². The van der Waals surface area contributed by atoms with Crippen LogP contribution >= 0.6 is 23.2 Å². The summed E-state index contributed by atoms with van der Waals surface area (Å²) >= 11 is 10.9. The predicted molar refractivity (Wildman–Crippen MR) is 577 cm³/mol. The lowest BCUT2D eigenvalue weighted by Gasteiger charge is -2.09. The molecule has 5 N–H and O–H groups in total. The highest BCUT2D eigenvalue weighted by molar-refractivity contribution is 6.82. The number of nitrogens with two attached hydrogens (primary N) is 1. The quantitative estimate of drug-likeness (QED) is 0.00638. The van der Waals surface area contributed by atoms with Crippen LogP contribution in [0.3, 0.4) is 0 Å². The summed E-state index contributed by atoms with van der Waals surface area (Å²) in [6.45, 7) is 29.6. The molecule has 0 aliphatic carbocycles. The highest BCUT2D eigenvalue weighted by Gasteiger charge is 2.31. The van der Waals surface area contributed by atoms with Crippen LogP contribution in [0.25, 0.3) is 78.3 Å². The van der Waals surface area contributed by atoms with E-state index in [0.29, 0.717) is 33.5 Å². The summed E-state index contributed by atoms with van der Waals surface area (Å²) in [5.74, 6) is -3.57. The average Bonchev–Trinajstić information content (AvgIpc) is 1.67. The summed E-state index contributed by atoms with van der Waals surface area (Å²) in [4.78, 5) is 129. The zero-order chi connectivity index (χ0) is 106. The maximum Gasteiger partial charge on any atom is 0.370 e. The van der Waals surface area contributed by atoms with Crippen molar-refractivity contribution in [2.75, 3.05) is 37.6 Å². The SMILES string of the molecule is C.CC(=O)CC(=O)c1ccccc1.CCOC(=O)/C(Cl)=N/Nc1ccc(C)cc1.CCOC(=O)C(Cl)C(C)=O.CCOC(=O)c1nn(-c2ccc(C)cc2)c(-c2ccccc2)c1C(C)=O.CCOC(=O)c1nn(-c2ccc(C)cc2)c(C)c1C(=O)c1ccccc1.Cc1ccc(-n2nc3c(=O)[nH]nc(-c4ccccc4)c3c2C)cc1.Cc1ccc(-n2nc3c(=O)[nH]nc(C)c3c2-c2ccccc2)cc1.Cc1ccc(N)cc1. The van der Waals surface area contributed by atoms with E-state index in [-0.39, 0.29) is 108 Å². The zero-order valence-corrected chi connectivity index (χ0v) is 85.3. The zero-order valence-electron chi connectivity index (χ0n) is 83.8. The number of rotatable bonds is 24. The number of carbonyl (C=O) groups is 9. The number of alkyl halides is 1. The number of esters is 4. The number of aryl methyl sites for hydroxylation is 8. The molecule has 756 valence electrons. The highest BCUT2D eigenvalue weighted by atomic mass is 35.5. The van der Waals surface area contributed by atoms with Crippen LogP contribution < -0.4 is 22.3 Å². The van der Waals surface area contributed by atoms with Crippen molar-refractivity contribution in [1.82, 2.24) is 59.5 Å². The number of anilines is 2. The third-order valence-electron chi connectivity index (χ3n) is 21.6. The first kappa shape index (κ1) is 113. The smallest absolute Gasteiger partial charge is 0.370 e. The first-order chi connectivity index (χ1) is 70.1. The van der Waals surface area contributed by atoms with Gasteiger partial charge >= 0.3 is 23.9 Å². The van der Waals surface area contributed by atoms with Crippen LogP contribution in [0.4, 0.5) is 11.4 Å². The molecule has 0 fully saturated rings. The van der Waals surface area contributed by atoms with Crippen molar-refractivity contribution in [3.8, 4) is 56.5 Å². The van der Waals surface area contributed by atoms with Gasteiger partial charge in [0, 0.05) is 33.5 Å². The molecule has 0 saturated heterocycles. The molecule has 30 nitrogen and oxygen atoms in total. The molecular formula is C115H117Cl2N15O15. The Morgan fingerprint density at radius 1 is 0.408 bits per heavy atom. The molecule has 0 amide bonds. The van der Waals surface area contributed by atoms with Crippen LogP contribution in [0.2, 0.25) is 0 Å². The molecule has 1 atom stereocenters. The van der Waals surface area contributed by atoms with Gasteiger partial charge in [0.2, 0.25) is 5.17 Å². The van der Waals surface area contributed by atoms with Gasteiger partial charge in [-0.05, 0) is 184 Å². The fourth-order valence-electron chi connectivity index (χ4n) is 14.3. The molecule has 32 heteroatoms. The third kappa shape index (κ3) is 31.1. The van der Waals surface area contributed by atoms with Crippen LogP contribution in [0.1, 0.15) is 170 Å². The minimum atomic E-state index is -1.14. The Balaban J connectivity index is 0.000000192. The van der Waals surface area contributed by atoms with E-state index in [9.17, 15) is 52.7 Å². The first-order valence-corrected chi connectivity index (χ1v) is 47.4. The molecule has 6 aromatic heterocycles. The number of ketones is 5. The molecule has 0 spiro atoms. The van der Waals surface area contributed by atoms with Gasteiger partial charge in [-0.1, -0.05) is 277 Å². The van der Waals surface area contributed by atoms with E-state index < -0.39 is 29.3 Å². The van der Waals surface area contributed by atoms with Gasteiger partial charge in [-0.3, -0.25) is 39.0 Å². The van der Waals surface area contributed by atoms with E-state index in [4.69, 9.17) is 38.4 Å². The number of carbonyl (C=O) groups excluding carboxylic acids is 9. The second kappa shape index (κ2) is 55.3. The maximum absolute atomic E-state index is 13.0. The molecule has 0 aliphatic rings. The summed E-state index contributed by atoms with van der Waals surface area (Å²) in [6, 6.07) is 93.8. The largest absolute Gasteiger partial charge is 0.465 e. The number of hydrogen-bond acceptors (Lipinski definition) is 24. The number of hydrogen-bond donors (Lipinski definition) is 4. The third-order valence-corrected chi connectivity index (χ3v) is 22.4. The van der Waals surface area contributed by atoms with Crippen LogP contribution in [0, 0.1) is 62.3 Å². The lowest BCUT2D eigenvalue weighted by Crippen LogP contribution is -2.24. The molecule has 17 rings (SSSR count). The fraction of sp³-hybridized carbons (Fsp3) is 0.200. The number of nitrogen functional groups attached to an aromatic ring is 1. The van der Waals surface area contributed by atoms with E-state index >= 15 is 0 Å². The van der Waals surface area contributed by atoms with Crippen molar-refractivity contribution in [3.05, 3.63) is 402 Å². The summed E-state index contributed by atoms with van der Waals surface area (Å²) in [6.07, 6.45) is 0.00398. The van der Waals surface area contributed by atoms with Gasteiger partial charge in [0.15, 0.2) is 50.9 Å². The van der Waals surface area contributed by atoms with Gasteiger partial charge in [0.1, 0.15) is 11.5 Å². The Labute approximate surface area is 862 Å². The van der Waals surface area contributed by atoms with E-state index in [1.165, 1.54) is 37.5 Å². The number of fused-ring (bicyclic) bond motifs is 2. The second-order valence-electron chi connectivity index (χ2n) is 33.0. The Morgan fingerprint density at radius 2 is 0.769 bits per heavy atom. The molecule has 0 saturated carbocycles. The van der Waals surface area contributed by atoms with E-state index in [0.717, 1.165) is 101 Å². The van der Waals surface area contributed by atoms with Crippen molar-refractivity contribution >= 4 is 114 Å². The van der Waals surface area contributed by atoms with Crippen LogP contribution in [0.15, 0.2) is 312 Å². The number of benzene rings is 11. The van der Waals surface area contributed by atoms with Crippen LogP contribution in [-0.4, -0.2) is 149 Å². The number of nitrogens with one attached hydrogen (secondary N) is 3. The molecule has 1 unspecified atom stereocenters. The summed E-state index contributed by atoms with van der Waals surface area (Å²) in [5, 5.41) is 35.3. The average molecular weight is 2020 g/mol. The van der Waals surface area contributed by atoms with Gasteiger partial charge in [-0.2, -0.15) is 35.7 Å². The Bertz CT molecular complexity index is 7490. The highest BCUT2D eigenvalue weighted by Crippen LogP contribution is 2.35. The topological polar surface area (TPSA) is 404 Å². The lowest BCUT2D eigenvalue weighted by atomic mass is 10.0. The van der Waals surface area contributed by atoms with Gasteiger partial charge < -0.3 is 24.7 Å². The fourth-order valence-corrected chi connectivity index (χ4v) is 14.5. The van der Waals surface area contributed by atoms with Crippen molar-refractivity contribution in [3.63, 3.8) is 0 Å². The molecule has 147 heavy (non-hydrogen) atoms. The van der Waals surface area contributed by atoms with Crippen molar-refractivity contribution in [1.29, 1.82) is 0 Å². The number of hydrazone groups is 1. The number of nitrogens with zero attached hydrogens (tertiary/aromatic N) is 11. The number of Topliss-reactive ketones (excluding diaryl/α,β-unsaturated/α-hetero) is 4. The molecular weight excluding hydrogens is 1900 g/mol. The number of halogens is 2. The van der Waals surface area contributed by atoms with Gasteiger partial charge in [0.05, 0.1) is 112 Å². The van der Waals surface area contributed by atoms with Crippen LogP contribution in [-0.2, 0) is 38.1 Å². The van der Waals surface area contributed by atoms with Crippen LogP contribution in [0.5, 0.6) is 0 Å². The molecule has 6 heterocycles. The maximum atomic E-state index is 13.0. The molecule has 0 bridgehead atoms. The van der Waals surface area contributed by atoms with Crippen molar-refractivity contribution in [2.45, 2.75) is 130 Å². The Morgan fingerprint density at radius 3 is 1.19 bits per heavy atom. The van der Waals surface area contributed by atoms with Crippen molar-refractivity contribution < 1.29 is 62.1 Å². The molecule has 11 aromatic carbocycles. The Kier molecular flexibility index (Phi) is 42.6. The minimum Gasteiger partial charge on any atom is -0.465 e. The molecule has 0 radical (unpaired) electrons. The predicted octanol–water partition coefficient (Wildman–Crippen LogP) is 22.2. The number of aromatic amines is 2. The summed E-state index contributed by atoms with van der Waals surface area (Å²) < 4.78 is 26.2. The number of aromatic nitrogens is 12. The normalized spacial score (nSPS) is 10.7. The summed E-state index contributed by atoms with van der Waals surface area (Å²) in [5.41, 5.74) is 29.2. The number of ether oxygens (including phenoxy) is 4. The van der Waals surface area contributed by atoms with Crippen molar-refractivity contribution in [2.24, 2.45) is 5.10 Å². The monoisotopic (exact) mass is 2020 g/mol. The lowest BCUT2D eigenvalue weighted by molar-refractivity contribution is -0.144. The number of H-pyrrole nitrogens is 2. The van der Waals surface area contributed by atoms with Gasteiger partial charge in [-0.15, -0.1) is 11.6 Å². The van der Waals surface area contributed by atoms with Gasteiger partial charge in [0.25, 0.3) is 11.1 Å². The van der Waals surface area contributed by atoms with Gasteiger partial charge in [-0.25, -0.2) is 48.1 Å². The second-order valence-corrected chi connectivity index (χ2v) is 33.8. The van der Waals surface area contributed by atoms with E-state index in [1.807, 2.05) is 309 Å². The van der Waals surface area contributed by atoms with E-state index in [1.54, 1.807) is 97.2 Å².